The first-order valence-electron chi connectivity index (χ1n) is 5.77. The monoisotopic (exact) mass is 313 g/mol. The third-order valence-electron chi connectivity index (χ3n) is 2.64. The second kappa shape index (κ2) is 5.69. The van der Waals surface area contributed by atoms with Crippen LogP contribution in [0.15, 0.2) is 46.3 Å². The lowest BCUT2D eigenvalue weighted by Crippen LogP contribution is -1.98. The van der Waals surface area contributed by atoms with E-state index in [9.17, 15) is 21.6 Å². The van der Waals surface area contributed by atoms with E-state index in [2.05, 4.69) is 4.99 Å². The average molecular weight is 313 g/mol. The van der Waals surface area contributed by atoms with Gasteiger partial charge < -0.3 is 0 Å². The number of halogens is 3. The highest BCUT2D eigenvalue weighted by molar-refractivity contribution is 7.90. The molecule has 0 aliphatic carbocycles. The first-order chi connectivity index (χ1) is 9.79. The maximum atomic E-state index is 13.5. The smallest absolute Gasteiger partial charge is 0.177 e. The minimum atomic E-state index is -3.53. The number of benzene rings is 2. The molecule has 0 heterocycles. The Hall–Kier alpha value is -2.15. The minimum Gasteiger partial charge on any atom is -0.255 e. The van der Waals surface area contributed by atoms with Crippen molar-refractivity contribution in [3.8, 4) is 0 Å². The van der Waals surface area contributed by atoms with E-state index in [1.165, 1.54) is 18.2 Å². The van der Waals surface area contributed by atoms with Gasteiger partial charge in [-0.3, -0.25) is 4.99 Å². The fourth-order valence-electron chi connectivity index (χ4n) is 1.69. The molecule has 0 aliphatic rings. The number of nitrogens with zero attached hydrogens (tertiary/aromatic N) is 1. The molecule has 0 aromatic heterocycles. The highest BCUT2D eigenvalue weighted by Crippen LogP contribution is 2.24. The fourth-order valence-corrected chi connectivity index (χ4v) is 2.51. The van der Waals surface area contributed by atoms with Crippen molar-refractivity contribution in [3.63, 3.8) is 0 Å². The molecule has 0 spiro atoms. The van der Waals surface area contributed by atoms with Crippen LogP contribution in [0.5, 0.6) is 0 Å². The molecule has 7 heteroatoms. The number of rotatable bonds is 3. The van der Waals surface area contributed by atoms with E-state index < -0.39 is 32.9 Å². The lowest BCUT2D eigenvalue weighted by molar-refractivity contribution is 0.541. The summed E-state index contributed by atoms with van der Waals surface area (Å²) in [7, 11) is -3.53. The Morgan fingerprint density at radius 2 is 1.62 bits per heavy atom. The van der Waals surface area contributed by atoms with E-state index in [1.54, 1.807) is 6.07 Å². The molecule has 2 rings (SSSR count). The van der Waals surface area contributed by atoms with Crippen LogP contribution in [0.3, 0.4) is 0 Å². The summed E-state index contributed by atoms with van der Waals surface area (Å²) in [5.74, 6) is -3.28. The van der Waals surface area contributed by atoms with Gasteiger partial charge in [0.15, 0.2) is 9.84 Å². The van der Waals surface area contributed by atoms with Crippen LogP contribution in [0.25, 0.3) is 0 Å². The number of aliphatic imine (C=N–C) groups is 1. The van der Waals surface area contributed by atoms with Crippen LogP contribution < -0.4 is 0 Å². The number of hydrogen-bond acceptors (Lipinski definition) is 3. The van der Waals surface area contributed by atoms with Crippen LogP contribution in [-0.2, 0) is 9.84 Å². The summed E-state index contributed by atoms with van der Waals surface area (Å²) in [4.78, 5) is 3.72. The third-order valence-corrected chi connectivity index (χ3v) is 3.79. The fraction of sp³-hybridized carbons (Fsp3) is 0.0714. The Balaban J connectivity index is 2.49. The lowest BCUT2D eigenvalue weighted by atomic mass is 10.2. The molecule has 3 nitrogen and oxygen atoms in total. The first-order valence-corrected chi connectivity index (χ1v) is 7.66. The van der Waals surface area contributed by atoms with Gasteiger partial charge in [0, 0.05) is 24.6 Å². The zero-order valence-corrected chi connectivity index (χ0v) is 11.7. The van der Waals surface area contributed by atoms with Crippen molar-refractivity contribution in [2.75, 3.05) is 6.26 Å². The molecule has 110 valence electrons. The van der Waals surface area contributed by atoms with E-state index in [4.69, 9.17) is 0 Å². The molecule has 0 radical (unpaired) electrons. The van der Waals surface area contributed by atoms with Crippen molar-refractivity contribution < 1.29 is 21.6 Å². The molecule has 2 aromatic carbocycles. The first kappa shape index (κ1) is 15.2. The maximum absolute atomic E-state index is 13.5. The van der Waals surface area contributed by atoms with Crippen molar-refractivity contribution in [1.29, 1.82) is 0 Å². The summed E-state index contributed by atoms with van der Waals surface area (Å²) in [5, 5.41) is 0. The van der Waals surface area contributed by atoms with Gasteiger partial charge in [-0.05, 0) is 12.1 Å². The van der Waals surface area contributed by atoms with Crippen LogP contribution in [0, 0.1) is 17.5 Å². The normalized spacial score (nSPS) is 12.0. The summed E-state index contributed by atoms with van der Waals surface area (Å²) in [5.41, 5.74) is -0.497. The summed E-state index contributed by atoms with van der Waals surface area (Å²) in [6, 6.07) is 6.82. The van der Waals surface area contributed by atoms with Crippen LogP contribution in [0.1, 0.15) is 5.56 Å². The molecule has 0 saturated heterocycles. The van der Waals surface area contributed by atoms with E-state index in [-0.39, 0.29) is 10.6 Å². The summed E-state index contributed by atoms with van der Waals surface area (Å²) >= 11 is 0. The van der Waals surface area contributed by atoms with E-state index in [0.717, 1.165) is 12.5 Å². The summed E-state index contributed by atoms with van der Waals surface area (Å²) in [6.45, 7) is 0. The number of para-hydroxylation sites is 1. The number of sulfone groups is 1. The summed E-state index contributed by atoms with van der Waals surface area (Å²) in [6.07, 6.45) is 1.83. The van der Waals surface area contributed by atoms with E-state index >= 15 is 0 Å². The van der Waals surface area contributed by atoms with E-state index in [0.29, 0.717) is 12.1 Å². The van der Waals surface area contributed by atoms with Gasteiger partial charge in [-0.1, -0.05) is 12.1 Å². The second-order valence-corrected chi connectivity index (χ2v) is 6.27. The Bertz CT molecular complexity index is 794. The van der Waals surface area contributed by atoms with Gasteiger partial charge in [0.1, 0.15) is 17.5 Å². The third kappa shape index (κ3) is 3.49. The SMILES string of the molecule is CS(=O)(=O)c1ccccc1N=Cc1c(F)cc(F)cc1F. The zero-order valence-electron chi connectivity index (χ0n) is 10.8. The van der Waals surface area contributed by atoms with Crippen LogP contribution in [-0.4, -0.2) is 20.9 Å². The van der Waals surface area contributed by atoms with Crippen LogP contribution >= 0.6 is 0 Å². The molecule has 0 saturated carbocycles. The Morgan fingerprint density at radius 1 is 1.05 bits per heavy atom. The second-order valence-electron chi connectivity index (χ2n) is 4.28. The summed E-state index contributed by atoms with van der Waals surface area (Å²) < 4.78 is 62.9. The van der Waals surface area contributed by atoms with Gasteiger partial charge in [0.2, 0.25) is 0 Å². The van der Waals surface area contributed by atoms with Gasteiger partial charge in [-0.2, -0.15) is 0 Å². The minimum absolute atomic E-state index is 0.0446. The maximum Gasteiger partial charge on any atom is 0.177 e. The molecule has 0 N–H and O–H groups in total. The number of hydrogen-bond donors (Lipinski definition) is 0. The highest BCUT2D eigenvalue weighted by atomic mass is 32.2. The van der Waals surface area contributed by atoms with Crippen molar-refractivity contribution in [1.82, 2.24) is 0 Å². The standard InChI is InChI=1S/C14H10F3NO2S/c1-21(19,20)14-5-3-2-4-13(14)18-8-10-11(16)6-9(15)7-12(10)17/h2-8H,1H3. The van der Waals surface area contributed by atoms with Gasteiger partial charge >= 0.3 is 0 Å². The zero-order chi connectivity index (χ0) is 15.6. The molecular formula is C14H10F3NO2S. The molecule has 0 fully saturated rings. The van der Waals surface area contributed by atoms with Gasteiger partial charge in [0.25, 0.3) is 0 Å². The van der Waals surface area contributed by atoms with Crippen molar-refractivity contribution in [2.45, 2.75) is 4.90 Å². The van der Waals surface area contributed by atoms with Crippen molar-refractivity contribution in [2.24, 2.45) is 4.99 Å². The largest absolute Gasteiger partial charge is 0.255 e. The highest BCUT2D eigenvalue weighted by Gasteiger charge is 2.13. The van der Waals surface area contributed by atoms with Gasteiger partial charge in [-0.25, -0.2) is 21.6 Å². The van der Waals surface area contributed by atoms with Gasteiger partial charge in [0.05, 0.1) is 16.1 Å². The van der Waals surface area contributed by atoms with Gasteiger partial charge in [-0.15, -0.1) is 0 Å². The molecule has 0 unspecified atom stereocenters. The van der Waals surface area contributed by atoms with Crippen LogP contribution in [0.2, 0.25) is 0 Å². The molecular weight excluding hydrogens is 303 g/mol. The Kier molecular flexibility index (Phi) is 4.13. The predicted molar refractivity (Wildman–Crippen MR) is 73.1 cm³/mol. The predicted octanol–water partition coefficient (Wildman–Crippen LogP) is 3.26. The lowest BCUT2D eigenvalue weighted by Gasteiger charge is -2.03. The van der Waals surface area contributed by atoms with E-state index in [1.807, 2.05) is 0 Å². The molecule has 0 amide bonds. The molecule has 0 aliphatic heterocycles. The van der Waals surface area contributed by atoms with Crippen molar-refractivity contribution >= 4 is 21.7 Å². The topological polar surface area (TPSA) is 46.5 Å². The molecule has 0 bridgehead atoms. The average Bonchev–Trinajstić information content (AvgIpc) is 2.36. The molecule has 21 heavy (non-hydrogen) atoms. The molecule has 0 atom stereocenters. The van der Waals surface area contributed by atoms with Crippen molar-refractivity contribution in [3.05, 3.63) is 59.4 Å². The Morgan fingerprint density at radius 3 is 2.19 bits per heavy atom. The molecule has 2 aromatic rings. The quantitative estimate of drug-likeness (QED) is 0.817. The Labute approximate surface area is 119 Å². The van der Waals surface area contributed by atoms with Crippen LogP contribution in [0.4, 0.5) is 18.9 Å².